The van der Waals surface area contributed by atoms with Gasteiger partial charge in [0.15, 0.2) is 0 Å². The summed E-state index contributed by atoms with van der Waals surface area (Å²) in [6.07, 6.45) is 5.52. The molecule has 0 radical (unpaired) electrons. The van der Waals surface area contributed by atoms with Gasteiger partial charge in [0.2, 0.25) is 5.95 Å². The molecule has 20 heavy (non-hydrogen) atoms. The molecule has 0 spiro atoms. The van der Waals surface area contributed by atoms with Crippen molar-refractivity contribution in [3.63, 3.8) is 0 Å². The molecule has 108 valence electrons. The Hall–Kier alpha value is -2.18. The van der Waals surface area contributed by atoms with Crippen LogP contribution in [0.3, 0.4) is 0 Å². The Morgan fingerprint density at radius 2 is 2.05 bits per heavy atom. The van der Waals surface area contributed by atoms with Crippen LogP contribution in [0.5, 0.6) is 6.01 Å². The molecular weight excluding hydrogens is 256 g/mol. The number of rotatable bonds is 7. The molecule has 0 aliphatic heterocycles. The molecule has 0 aliphatic rings. The van der Waals surface area contributed by atoms with Crippen LogP contribution in [0.25, 0.3) is 5.95 Å². The van der Waals surface area contributed by atoms with Crippen LogP contribution in [-0.2, 0) is 0 Å². The number of aryl methyl sites for hydroxylation is 1. The number of anilines is 1. The molecular formula is C13H20N6O. The van der Waals surface area contributed by atoms with Crippen molar-refractivity contribution in [1.82, 2.24) is 24.7 Å². The molecule has 0 bridgehead atoms. The van der Waals surface area contributed by atoms with Crippen molar-refractivity contribution in [1.29, 1.82) is 0 Å². The van der Waals surface area contributed by atoms with Crippen LogP contribution in [0.15, 0.2) is 12.4 Å². The molecule has 0 amide bonds. The van der Waals surface area contributed by atoms with E-state index in [1.807, 2.05) is 20.0 Å². The fourth-order valence-electron chi connectivity index (χ4n) is 1.54. The zero-order valence-electron chi connectivity index (χ0n) is 12.1. The average molecular weight is 276 g/mol. The minimum atomic E-state index is 0.323. The molecule has 0 aromatic carbocycles. The van der Waals surface area contributed by atoms with E-state index in [-0.39, 0.29) is 0 Å². The number of hydrogen-bond acceptors (Lipinski definition) is 6. The molecule has 0 aliphatic carbocycles. The Bertz CT molecular complexity index is 527. The molecule has 0 unspecified atom stereocenters. The summed E-state index contributed by atoms with van der Waals surface area (Å²) in [7, 11) is 0. The van der Waals surface area contributed by atoms with E-state index < -0.39 is 0 Å². The molecule has 0 fully saturated rings. The molecule has 0 saturated heterocycles. The lowest BCUT2D eigenvalue weighted by atomic mass is 10.4. The molecule has 2 rings (SSSR count). The second kappa shape index (κ2) is 6.83. The van der Waals surface area contributed by atoms with Gasteiger partial charge in [-0.25, -0.2) is 4.68 Å². The summed E-state index contributed by atoms with van der Waals surface area (Å²) >= 11 is 0. The molecule has 2 aromatic heterocycles. The molecule has 2 heterocycles. The summed E-state index contributed by atoms with van der Waals surface area (Å²) < 4.78 is 7.12. The van der Waals surface area contributed by atoms with E-state index >= 15 is 0 Å². The highest BCUT2D eigenvalue weighted by molar-refractivity contribution is 5.30. The smallest absolute Gasteiger partial charge is 0.323 e. The summed E-state index contributed by atoms with van der Waals surface area (Å²) in [5.74, 6) is 0.967. The van der Waals surface area contributed by atoms with E-state index in [9.17, 15) is 0 Å². The monoisotopic (exact) mass is 276 g/mol. The summed E-state index contributed by atoms with van der Waals surface area (Å²) in [5.41, 5.74) is 1.05. The van der Waals surface area contributed by atoms with Gasteiger partial charge in [-0.2, -0.15) is 20.1 Å². The molecule has 7 heteroatoms. The topological polar surface area (TPSA) is 77.8 Å². The normalized spacial score (nSPS) is 10.6. The first-order chi connectivity index (χ1) is 9.72. The van der Waals surface area contributed by atoms with Crippen molar-refractivity contribution < 1.29 is 4.74 Å². The third kappa shape index (κ3) is 3.66. The summed E-state index contributed by atoms with van der Waals surface area (Å²) in [6, 6.07) is 0.323. The first kappa shape index (κ1) is 14.2. The van der Waals surface area contributed by atoms with Gasteiger partial charge in [0.05, 0.1) is 12.8 Å². The van der Waals surface area contributed by atoms with Gasteiger partial charge in [-0.15, -0.1) is 0 Å². The van der Waals surface area contributed by atoms with E-state index in [4.69, 9.17) is 4.74 Å². The van der Waals surface area contributed by atoms with Crippen molar-refractivity contribution in [2.24, 2.45) is 0 Å². The Kier molecular flexibility index (Phi) is 4.86. The van der Waals surface area contributed by atoms with Gasteiger partial charge < -0.3 is 10.1 Å². The summed E-state index contributed by atoms with van der Waals surface area (Å²) in [4.78, 5) is 12.9. The van der Waals surface area contributed by atoms with E-state index in [0.717, 1.165) is 24.9 Å². The maximum Gasteiger partial charge on any atom is 0.323 e. The number of hydrogen-bond donors (Lipinski definition) is 1. The molecule has 2 aromatic rings. The Morgan fingerprint density at radius 1 is 1.20 bits per heavy atom. The highest BCUT2D eigenvalue weighted by atomic mass is 16.5. The van der Waals surface area contributed by atoms with Crippen LogP contribution in [-0.4, -0.2) is 37.9 Å². The zero-order valence-corrected chi connectivity index (χ0v) is 12.1. The number of ether oxygens (including phenoxy) is 1. The quantitative estimate of drug-likeness (QED) is 0.833. The van der Waals surface area contributed by atoms with Crippen LogP contribution < -0.4 is 10.1 Å². The van der Waals surface area contributed by atoms with Gasteiger partial charge in [0.1, 0.15) is 0 Å². The lowest BCUT2D eigenvalue weighted by Gasteiger charge is -2.08. The van der Waals surface area contributed by atoms with E-state index in [0.29, 0.717) is 24.5 Å². The lowest BCUT2D eigenvalue weighted by molar-refractivity contribution is 0.291. The van der Waals surface area contributed by atoms with Crippen molar-refractivity contribution in [2.75, 3.05) is 18.5 Å². The van der Waals surface area contributed by atoms with Crippen molar-refractivity contribution in [3.8, 4) is 12.0 Å². The Morgan fingerprint density at radius 3 is 2.70 bits per heavy atom. The molecule has 7 nitrogen and oxygen atoms in total. The second-order valence-electron chi connectivity index (χ2n) is 4.48. The van der Waals surface area contributed by atoms with Crippen LogP contribution in [0.4, 0.5) is 5.95 Å². The van der Waals surface area contributed by atoms with Gasteiger partial charge in [-0.1, -0.05) is 13.8 Å². The minimum absolute atomic E-state index is 0.323. The molecule has 0 atom stereocenters. The maximum atomic E-state index is 5.50. The van der Waals surface area contributed by atoms with Crippen LogP contribution in [0.1, 0.15) is 32.3 Å². The third-order valence-corrected chi connectivity index (χ3v) is 2.49. The zero-order chi connectivity index (χ0) is 14.4. The first-order valence-electron chi connectivity index (χ1n) is 6.87. The Labute approximate surface area is 118 Å². The Balaban J connectivity index is 2.29. The molecule has 0 saturated carbocycles. The van der Waals surface area contributed by atoms with E-state index in [2.05, 4.69) is 32.3 Å². The third-order valence-electron chi connectivity index (χ3n) is 2.49. The predicted molar refractivity (Wildman–Crippen MR) is 76.3 cm³/mol. The van der Waals surface area contributed by atoms with Gasteiger partial charge >= 0.3 is 6.01 Å². The van der Waals surface area contributed by atoms with Gasteiger partial charge in [-0.05, 0) is 25.3 Å². The second-order valence-corrected chi connectivity index (χ2v) is 4.48. The van der Waals surface area contributed by atoms with Crippen LogP contribution >= 0.6 is 0 Å². The van der Waals surface area contributed by atoms with E-state index in [1.165, 1.54) is 0 Å². The average Bonchev–Trinajstić information content (AvgIpc) is 2.89. The highest BCUT2D eigenvalue weighted by Crippen LogP contribution is 2.11. The fraction of sp³-hybridized carbons (Fsp3) is 0.538. The standard InChI is InChI=1S/C13H20N6O/c1-4-6-14-11-16-12(19-9-10(3)8-15-19)18-13(17-11)20-7-5-2/h8-9H,4-7H2,1-3H3,(H,14,16,17,18). The lowest BCUT2D eigenvalue weighted by Crippen LogP contribution is -2.12. The first-order valence-corrected chi connectivity index (χ1v) is 6.87. The van der Waals surface area contributed by atoms with Crippen LogP contribution in [0, 0.1) is 6.92 Å². The summed E-state index contributed by atoms with van der Waals surface area (Å²) in [5, 5.41) is 7.35. The van der Waals surface area contributed by atoms with Gasteiger partial charge in [-0.3, -0.25) is 0 Å². The number of nitrogens with zero attached hydrogens (tertiary/aromatic N) is 5. The largest absolute Gasteiger partial charge is 0.463 e. The predicted octanol–water partition coefficient (Wildman–Crippen LogP) is 1.98. The number of aromatic nitrogens is 5. The van der Waals surface area contributed by atoms with Crippen molar-refractivity contribution >= 4 is 5.95 Å². The summed E-state index contributed by atoms with van der Waals surface area (Å²) in [6.45, 7) is 7.47. The number of nitrogens with one attached hydrogen (secondary N) is 1. The van der Waals surface area contributed by atoms with Crippen molar-refractivity contribution in [3.05, 3.63) is 18.0 Å². The maximum absolute atomic E-state index is 5.50. The highest BCUT2D eigenvalue weighted by Gasteiger charge is 2.09. The van der Waals surface area contributed by atoms with Crippen LogP contribution in [0.2, 0.25) is 0 Å². The van der Waals surface area contributed by atoms with Gasteiger partial charge in [0, 0.05) is 12.7 Å². The molecule has 1 N–H and O–H groups in total. The fourth-order valence-corrected chi connectivity index (χ4v) is 1.54. The minimum Gasteiger partial charge on any atom is -0.463 e. The SMILES string of the molecule is CCCNc1nc(OCCC)nc(-n2cc(C)cn2)n1. The van der Waals surface area contributed by atoms with E-state index in [1.54, 1.807) is 10.9 Å². The van der Waals surface area contributed by atoms with Crippen molar-refractivity contribution in [2.45, 2.75) is 33.6 Å². The van der Waals surface area contributed by atoms with Gasteiger partial charge in [0.25, 0.3) is 5.95 Å².